The van der Waals surface area contributed by atoms with Gasteiger partial charge in [-0.2, -0.15) is 0 Å². The van der Waals surface area contributed by atoms with Gasteiger partial charge in [-0.3, -0.25) is 9.59 Å². The topological polar surface area (TPSA) is 43.4 Å². The summed E-state index contributed by atoms with van der Waals surface area (Å²) in [5.74, 6) is 2.69. The van der Waals surface area contributed by atoms with Crippen molar-refractivity contribution in [3.63, 3.8) is 0 Å². The first-order chi connectivity index (χ1) is 12.4. The molecule has 1 aliphatic heterocycles. The van der Waals surface area contributed by atoms with Crippen molar-refractivity contribution >= 4 is 11.8 Å². The summed E-state index contributed by atoms with van der Waals surface area (Å²) < 4.78 is 5.40. The molecule has 4 fully saturated rings. The predicted molar refractivity (Wildman–Crippen MR) is 99.3 cm³/mol. The lowest BCUT2D eigenvalue weighted by atomic mass is 9.43. The van der Waals surface area contributed by atoms with E-state index in [1.807, 2.05) is 6.08 Å². The van der Waals surface area contributed by atoms with E-state index in [-0.39, 0.29) is 16.8 Å². The molecule has 0 N–H and O–H groups in total. The number of hydrogen-bond donors (Lipinski definition) is 0. The Bertz CT molecular complexity index is 694. The fraction of sp³-hybridized carbons (Fsp3) is 0.826. The molecule has 142 valence electrons. The summed E-state index contributed by atoms with van der Waals surface area (Å²) in [6.45, 7) is 5.55. The number of esters is 1. The normalized spacial score (nSPS) is 50.5. The molecule has 0 aromatic heterocycles. The van der Waals surface area contributed by atoms with Gasteiger partial charge in [-0.1, -0.05) is 19.4 Å². The second-order valence-corrected chi connectivity index (χ2v) is 10.5. The molecule has 0 aromatic rings. The van der Waals surface area contributed by atoms with Crippen LogP contribution in [0.1, 0.15) is 78.1 Å². The third kappa shape index (κ3) is 2.18. The van der Waals surface area contributed by atoms with Crippen LogP contribution in [0.25, 0.3) is 0 Å². The van der Waals surface area contributed by atoms with E-state index in [2.05, 4.69) is 13.8 Å². The van der Waals surface area contributed by atoms with Crippen molar-refractivity contribution in [3.05, 3.63) is 11.6 Å². The zero-order chi connectivity index (χ0) is 18.2. The van der Waals surface area contributed by atoms with Crippen LogP contribution >= 0.6 is 0 Å². The molecule has 5 aliphatic rings. The van der Waals surface area contributed by atoms with Gasteiger partial charge < -0.3 is 4.74 Å². The zero-order valence-corrected chi connectivity index (χ0v) is 16.3. The Hall–Kier alpha value is -1.12. The third-order valence-corrected chi connectivity index (χ3v) is 9.40. The highest BCUT2D eigenvalue weighted by atomic mass is 16.5. The van der Waals surface area contributed by atoms with Gasteiger partial charge in [0.2, 0.25) is 0 Å². The molecule has 5 rings (SSSR count). The summed E-state index contributed by atoms with van der Waals surface area (Å²) in [4.78, 5) is 24.4. The molecule has 1 heterocycles. The van der Waals surface area contributed by atoms with Gasteiger partial charge in [0.1, 0.15) is 0 Å². The minimum atomic E-state index is -0.168. The van der Waals surface area contributed by atoms with E-state index < -0.39 is 0 Å². The molecule has 3 nitrogen and oxygen atoms in total. The van der Waals surface area contributed by atoms with Gasteiger partial charge in [-0.15, -0.1) is 0 Å². The Labute approximate surface area is 156 Å². The number of rotatable bonds is 0. The van der Waals surface area contributed by atoms with Crippen LogP contribution in [0.5, 0.6) is 0 Å². The molecule has 1 saturated heterocycles. The monoisotopic (exact) mass is 356 g/mol. The molecule has 3 heteroatoms. The Kier molecular flexibility index (Phi) is 3.57. The van der Waals surface area contributed by atoms with Crippen molar-refractivity contribution in [2.75, 3.05) is 6.61 Å². The average molecular weight is 357 g/mol. The van der Waals surface area contributed by atoms with E-state index in [0.29, 0.717) is 17.8 Å². The average Bonchev–Trinajstić information content (AvgIpc) is 2.94. The summed E-state index contributed by atoms with van der Waals surface area (Å²) in [5, 5.41) is 0. The van der Waals surface area contributed by atoms with Crippen LogP contribution < -0.4 is 0 Å². The summed E-state index contributed by atoms with van der Waals surface area (Å²) in [6, 6.07) is 0. The summed E-state index contributed by atoms with van der Waals surface area (Å²) in [7, 11) is 0. The number of carbonyl (C=O) groups is 2. The van der Waals surface area contributed by atoms with E-state index in [1.165, 1.54) is 31.3 Å². The Morgan fingerprint density at radius 3 is 2.54 bits per heavy atom. The molecule has 0 aromatic carbocycles. The standard InChI is InChI=1S/C23H32O3/c1-21-8-6-19-17(4-3-15-13-16(24)5-9-22(15,19)2)18(21)7-10-23(14-21)11-12-26-20(23)25/h13,17-19H,3-12,14H2,1-2H3/t17?,18?,19?,21?,22?,23-/m1/s1. The van der Waals surface area contributed by atoms with Gasteiger partial charge in [0.25, 0.3) is 0 Å². The molecule has 0 bridgehead atoms. The van der Waals surface area contributed by atoms with Crippen LogP contribution in [0.4, 0.5) is 0 Å². The molecular weight excluding hydrogens is 324 g/mol. The molecule has 26 heavy (non-hydrogen) atoms. The van der Waals surface area contributed by atoms with Crippen molar-refractivity contribution in [3.8, 4) is 0 Å². The van der Waals surface area contributed by atoms with Crippen LogP contribution in [0.3, 0.4) is 0 Å². The van der Waals surface area contributed by atoms with Gasteiger partial charge in [-0.25, -0.2) is 0 Å². The first-order valence-corrected chi connectivity index (χ1v) is 10.8. The van der Waals surface area contributed by atoms with Crippen molar-refractivity contribution in [1.82, 2.24) is 0 Å². The minimum Gasteiger partial charge on any atom is -0.465 e. The molecule has 6 atom stereocenters. The summed E-state index contributed by atoms with van der Waals surface area (Å²) >= 11 is 0. The van der Waals surface area contributed by atoms with E-state index in [4.69, 9.17) is 4.74 Å². The lowest BCUT2D eigenvalue weighted by Gasteiger charge is -2.61. The van der Waals surface area contributed by atoms with Gasteiger partial charge >= 0.3 is 5.97 Å². The van der Waals surface area contributed by atoms with Crippen LogP contribution in [0.2, 0.25) is 0 Å². The molecule has 0 radical (unpaired) electrons. The SMILES string of the molecule is CC12CCC3C(CCC4=CC(=O)CCC43C)C1CC[C@@]1(CCOC1=O)C2. The Morgan fingerprint density at radius 2 is 1.77 bits per heavy atom. The molecule has 5 unspecified atom stereocenters. The number of ether oxygens (including phenoxy) is 1. The maximum atomic E-state index is 12.5. The smallest absolute Gasteiger partial charge is 0.312 e. The lowest BCUT2D eigenvalue weighted by Crippen LogP contribution is -2.54. The Morgan fingerprint density at radius 1 is 0.962 bits per heavy atom. The predicted octanol–water partition coefficient (Wildman–Crippen LogP) is 4.84. The quantitative estimate of drug-likeness (QED) is 0.583. The largest absolute Gasteiger partial charge is 0.465 e. The Balaban J connectivity index is 1.44. The first kappa shape index (κ1) is 17.0. The molecular formula is C23H32O3. The number of cyclic esters (lactones) is 1. The van der Waals surface area contributed by atoms with Crippen LogP contribution in [-0.4, -0.2) is 18.4 Å². The number of allylic oxidation sites excluding steroid dienone is 2. The lowest BCUT2D eigenvalue weighted by molar-refractivity contribution is -0.157. The van der Waals surface area contributed by atoms with Crippen molar-refractivity contribution in [2.24, 2.45) is 34.0 Å². The minimum absolute atomic E-state index is 0.0888. The second-order valence-electron chi connectivity index (χ2n) is 10.5. The first-order valence-electron chi connectivity index (χ1n) is 10.8. The van der Waals surface area contributed by atoms with Crippen molar-refractivity contribution in [1.29, 1.82) is 0 Å². The fourth-order valence-corrected chi connectivity index (χ4v) is 8.01. The van der Waals surface area contributed by atoms with Crippen molar-refractivity contribution in [2.45, 2.75) is 78.1 Å². The maximum absolute atomic E-state index is 12.5. The molecule has 3 saturated carbocycles. The summed E-state index contributed by atoms with van der Waals surface area (Å²) in [6.07, 6.45) is 12.9. The van der Waals surface area contributed by atoms with E-state index >= 15 is 0 Å². The van der Waals surface area contributed by atoms with Gasteiger partial charge in [0, 0.05) is 6.42 Å². The molecule has 1 spiro atoms. The molecule has 0 amide bonds. The number of ketones is 1. The van der Waals surface area contributed by atoms with E-state index in [9.17, 15) is 9.59 Å². The van der Waals surface area contributed by atoms with Crippen LogP contribution in [0.15, 0.2) is 11.6 Å². The van der Waals surface area contributed by atoms with Gasteiger partial charge in [-0.05, 0) is 92.4 Å². The van der Waals surface area contributed by atoms with Crippen LogP contribution in [0, 0.1) is 34.0 Å². The maximum Gasteiger partial charge on any atom is 0.312 e. The highest BCUT2D eigenvalue weighted by Gasteiger charge is 2.60. The zero-order valence-electron chi connectivity index (χ0n) is 16.3. The van der Waals surface area contributed by atoms with Crippen molar-refractivity contribution < 1.29 is 14.3 Å². The highest BCUT2D eigenvalue weighted by molar-refractivity contribution is 5.91. The third-order valence-electron chi connectivity index (χ3n) is 9.40. The van der Waals surface area contributed by atoms with Crippen LogP contribution in [-0.2, 0) is 14.3 Å². The number of fused-ring (bicyclic) bond motifs is 5. The fourth-order valence-electron chi connectivity index (χ4n) is 8.01. The summed E-state index contributed by atoms with van der Waals surface area (Å²) in [5.41, 5.74) is 1.83. The van der Waals surface area contributed by atoms with E-state index in [0.717, 1.165) is 56.3 Å². The number of hydrogen-bond acceptors (Lipinski definition) is 3. The van der Waals surface area contributed by atoms with Gasteiger partial charge in [0.15, 0.2) is 5.78 Å². The highest BCUT2D eigenvalue weighted by Crippen LogP contribution is 2.67. The number of carbonyl (C=O) groups excluding carboxylic acids is 2. The second kappa shape index (κ2) is 5.45. The molecule has 4 aliphatic carbocycles. The van der Waals surface area contributed by atoms with E-state index in [1.54, 1.807) is 0 Å². The van der Waals surface area contributed by atoms with Gasteiger partial charge in [0.05, 0.1) is 12.0 Å².